The highest BCUT2D eigenvalue weighted by molar-refractivity contribution is 9.10. The van der Waals surface area contributed by atoms with E-state index in [1.165, 1.54) is 0 Å². The van der Waals surface area contributed by atoms with Crippen molar-refractivity contribution in [2.45, 2.75) is 39.7 Å². The molecule has 4 heteroatoms. The Balaban J connectivity index is 2.62. The zero-order chi connectivity index (χ0) is 12.8. The molecule has 2 N–H and O–H groups in total. The number of benzene rings is 1. The number of anilines is 1. The van der Waals surface area contributed by atoms with Gasteiger partial charge in [-0.1, -0.05) is 29.8 Å². The van der Waals surface area contributed by atoms with E-state index in [1.54, 1.807) is 0 Å². The number of amides is 2. The minimum atomic E-state index is -0.135. The molecule has 0 bridgehead atoms. The van der Waals surface area contributed by atoms with Crippen molar-refractivity contribution in [3.8, 4) is 0 Å². The van der Waals surface area contributed by atoms with E-state index >= 15 is 0 Å². The van der Waals surface area contributed by atoms with E-state index in [-0.39, 0.29) is 12.1 Å². The third-order valence-electron chi connectivity index (χ3n) is 2.76. The van der Waals surface area contributed by atoms with Gasteiger partial charge in [0.1, 0.15) is 0 Å². The van der Waals surface area contributed by atoms with Crippen molar-refractivity contribution in [3.63, 3.8) is 0 Å². The smallest absolute Gasteiger partial charge is 0.319 e. The lowest BCUT2D eigenvalue weighted by Crippen LogP contribution is -2.37. The Morgan fingerprint density at radius 2 is 2.00 bits per heavy atom. The molecule has 17 heavy (non-hydrogen) atoms. The van der Waals surface area contributed by atoms with Crippen LogP contribution in [0.1, 0.15) is 32.3 Å². The van der Waals surface area contributed by atoms with E-state index in [1.807, 2.05) is 25.1 Å². The molecule has 0 heterocycles. The van der Waals surface area contributed by atoms with Crippen molar-refractivity contribution in [2.24, 2.45) is 0 Å². The fraction of sp³-hybridized carbons (Fsp3) is 0.462. The molecule has 0 saturated carbocycles. The van der Waals surface area contributed by atoms with E-state index in [2.05, 4.69) is 40.4 Å². The van der Waals surface area contributed by atoms with Gasteiger partial charge in [0, 0.05) is 16.2 Å². The summed E-state index contributed by atoms with van der Waals surface area (Å²) in [5.41, 5.74) is 1.88. The predicted octanol–water partition coefficient (Wildman–Crippen LogP) is 4.07. The van der Waals surface area contributed by atoms with Crippen LogP contribution in [0.5, 0.6) is 0 Å². The summed E-state index contributed by atoms with van der Waals surface area (Å²) >= 11 is 3.40. The van der Waals surface area contributed by atoms with E-state index in [9.17, 15) is 4.79 Å². The summed E-state index contributed by atoms with van der Waals surface area (Å²) in [5, 5.41) is 5.81. The van der Waals surface area contributed by atoms with Crippen LogP contribution in [0, 0.1) is 6.92 Å². The molecule has 0 saturated heterocycles. The zero-order valence-corrected chi connectivity index (χ0v) is 12.1. The molecular weight excluding hydrogens is 280 g/mol. The minimum Gasteiger partial charge on any atom is -0.335 e. The Labute approximate surface area is 111 Å². The third-order valence-corrected chi connectivity index (χ3v) is 3.25. The van der Waals surface area contributed by atoms with Gasteiger partial charge in [0.05, 0.1) is 0 Å². The maximum absolute atomic E-state index is 11.7. The number of aryl methyl sites for hydroxylation is 1. The van der Waals surface area contributed by atoms with Crippen LogP contribution >= 0.6 is 15.9 Å². The topological polar surface area (TPSA) is 41.1 Å². The number of hydrogen-bond donors (Lipinski definition) is 2. The standard InChI is InChI=1S/C13H19BrN2O/c1-4-11(5-2)15-13(17)16-12-7-6-10(14)8-9(12)3/h6-8,11H,4-5H2,1-3H3,(H2,15,16,17). The number of hydrogen-bond acceptors (Lipinski definition) is 1. The van der Waals surface area contributed by atoms with Crippen molar-refractivity contribution < 1.29 is 4.79 Å². The molecule has 0 unspecified atom stereocenters. The maximum atomic E-state index is 11.7. The number of nitrogens with one attached hydrogen (secondary N) is 2. The molecule has 0 aromatic heterocycles. The van der Waals surface area contributed by atoms with Gasteiger partial charge in [0.25, 0.3) is 0 Å². The molecule has 0 aliphatic carbocycles. The van der Waals surface area contributed by atoms with Gasteiger partial charge in [-0.15, -0.1) is 0 Å². The van der Waals surface area contributed by atoms with Gasteiger partial charge in [-0.2, -0.15) is 0 Å². The second kappa shape index (κ2) is 6.64. The average Bonchev–Trinajstić information content (AvgIpc) is 2.29. The first-order valence-corrected chi connectivity index (χ1v) is 6.69. The van der Waals surface area contributed by atoms with Crippen LogP contribution in [-0.2, 0) is 0 Å². The van der Waals surface area contributed by atoms with Crippen LogP contribution in [-0.4, -0.2) is 12.1 Å². The van der Waals surface area contributed by atoms with Crippen molar-refractivity contribution in [2.75, 3.05) is 5.32 Å². The molecule has 1 aromatic carbocycles. The molecular formula is C13H19BrN2O. The largest absolute Gasteiger partial charge is 0.335 e. The van der Waals surface area contributed by atoms with Crippen LogP contribution in [0.3, 0.4) is 0 Å². The van der Waals surface area contributed by atoms with Crippen molar-refractivity contribution in [1.82, 2.24) is 5.32 Å². The molecule has 0 atom stereocenters. The number of rotatable bonds is 4. The SMILES string of the molecule is CCC(CC)NC(=O)Nc1ccc(Br)cc1C. The number of carbonyl (C=O) groups excluding carboxylic acids is 1. The third kappa shape index (κ3) is 4.38. The first-order valence-electron chi connectivity index (χ1n) is 5.90. The van der Waals surface area contributed by atoms with Crippen LogP contribution in [0.2, 0.25) is 0 Å². The molecule has 94 valence electrons. The molecule has 0 radical (unpaired) electrons. The summed E-state index contributed by atoms with van der Waals surface area (Å²) in [7, 11) is 0. The van der Waals surface area contributed by atoms with Crippen molar-refractivity contribution >= 4 is 27.6 Å². The van der Waals surface area contributed by atoms with Gasteiger partial charge in [0.2, 0.25) is 0 Å². The lowest BCUT2D eigenvalue weighted by atomic mass is 10.2. The first kappa shape index (κ1) is 14.0. The summed E-state index contributed by atoms with van der Waals surface area (Å²) in [6, 6.07) is 5.90. The monoisotopic (exact) mass is 298 g/mol. The molecule has 3 nitrogen and oxygen atoms in total. The number of halogens is 1. The average molecular weight is 299 g/mol. The number of carbonyl (C=O) groups is 1. The van der Waals surface area contributed by atoms with Crippen molar-refractivity contribution in [1.29, 1.82) is 0 Å². The Hall–Kier alpha value is -1.03. The highest BCUT2D eigenvalue weighted by Crippen LogP contribution is 2.19. The molecule has 2 amide bonds. The second-order valence-corrected chi connectivity index (χ2v) is 4.99. The lowest BCUT2D eigenvalue weighted by Gasteiger charge is -2.16. The Morgan fingerprint density at radius 3 is 2.53 bits per heavy atom. The summed E-state index contributed by atoms with van der Waals surface area (Å²) < 4.78 is 1.01. The molecule has 0 fully saturated rings. The van der Waals surface area contributed by atoms with Crippen LogP contribution in [0.15, 0.2) is 22.7 Å². The van der Waals surface area contributed by atoms with E-state index < -0.39 is 0 Å². The highest BCUT2D eigenvalue weighted by Gasteiger charge is 2.09. The van der Waals surface area contributed by atoms with Crippen LogP contribution in [0.25, 0.3) is 0 Å². The lowest BCUT2D eigenvalue weighted by molar-refractivity contribution is 0.247. The van der Waals surface area contributed by atoms with E-state index in [0.717, 1.165) is 28.6 Å². The second-order valence-electron chi connectivity index (χ2n) is 4.07. The minimum absolute atomic E-state index is 0.135. The van der Waals surface area contributed by atoms with Crippen LogP contribution < -0.4 is 10.6 Å². The van der Waals surface area contributed by atoms with Gasteiger partial charge in [-0.05, 0) is 43.5 Å². The molecule has 1 rings (SSSR count). The molecule has 1 aromatic rings. The quantitative estimate of drug-likeness (QED) is 0.864. The van der Waals surface area contributed by atoms with Gasteiger partial charge in [-0.3, -0.25) is 0 Å². The maximum Gasteiger partial charge on any atom is 0.319 e. The molecule has 0 spiro atoms. The zero-order valence-electron chi connectivity index (χ0n) is 10.5. The van der Waals surface area contributed by atoms with Crippen LogP contribution in [0.4, 0.5) is 10.5 Å². The van der Waals surface area contributed by atoms with Gasteiger partial charge < -0.3 is 10.6 Å². The van der Waals surface area contributed by atoms with Gasteiger partial charge in [-0.25, -0.2) is 4.79 Å². The van der Waals surface area contributed by atoms with Crippen molar-refractivity contribution in [3.05, 3.63) is 28.2 Å². The summed E-state index contributed by atoms with van der Waals surface area (Å²) in [6.07, 6.45) is 1.90. The fourth-order valence-corrected chi connectivity index (χ4v) is 2.08. The van der Waals surface area contributed by atoms with E-state index in [4.69, 9.17) is 0 Å². The summed E-state index contributed by atoms with van der Waals surface area (Å²) in [4.78, 5) is 11.7. The van der Waals surface area contributed by atoms with E-state index in [0.29, 0.717) is 0 Å². The summed E-state index contributed by atoms with van der Waals surface area (Å²) in [6.45, 7) is 6.11. The number of urea groups is 1. The molecule has 0 aliphatic heterocycles. The normalized spacial score (nSPS) is 10.4. The van der Waals surface area contributed by atoms with Gasteiger partial charge in [0.15, 0.2) is 0 Å². The fourth-order valence-electron chi connectivity index (χ4n) is 1.60. The predicted molar refractivity (Wildman–Crippen MR) is 75.4 cm³/mol. The summed E-state index contributed by atoms with van der Waals surface area (Å²) in [5.74, 6) is 0. The highest BCUT2D eigenvalue weighted by atomic mass is 79.9. The molecule has 0 aliphatic rings. The first-order chi connectivity index (χ1) is 8.06. The Kier molecular flexibility index (Phi) is 5.48. The van der Waals surface area contributed by atoms with Gasteiger partial charge >= 0.3 is 6.03 Å². The Morgan fingerprint density at radius 1 is 1.35 bits per heavy atom. The Bertz CT molecular complexity index is 389.